The second kappa shape index (κ2) is 7.36. The van der Waals surface area contributed by atoms with Crippen LogP contribution in [0, 0.1) is 6.92 Å². The number of hydrogen-bond acceptors (Lipinski definition) is 6. The summed E-state index contributed by atoms with van der Waals surface area (Å²) in [4.78, 5) is 27.9. The molecule has 3 aromatic heterocycles. The van der Waals surface area contributed by atoms with E-state index >= 15 is 0 Å². The highest BCUT2D eigenvalue weighted by atomic mass is 16.1. The van der Waals surface area contributed by atoms with Crippen molar-refractivity contribution in [3.8, 4) is 0 Å². The number of pyridine rings is 1. The number of carbonyl (C=O) groups is 1. The SMILES string of the molecule is Cc1cc(Nc2ccc(NC(=O)Cc3c[nH]c4ncccc34)cc2)nc(N)n1. The number of carbonyl (C=O) groups excluding carboxylic acids is 1. The van der Waals surface area contributed by atoms with Crippen LogP contribution < -0.4 is 16.4 Å². The number of hydrogen-bond donors (Lipinski definition) is 4. The Morgan fingerprint density at radius 1 is 1.14 bits per heavy atom. The third-order valence-corrected chi connectivity index (χ3v) is 4.20. The Kier molecular flexibility index (Phi) is 4.59. The number of aromatic nitrogens is 4. The normalized spacial score (nSPS) is 10.8. The Morgan fingerprint density at radius 3 is 2.71 bits per heavy atom. The molecule has 0 radical (unpaired) electrons. The van der Waals surface area contributed by atoms with Gasteiger partial charge in [-0.15, -0.1) is 0 Å². The summed E-state index contributed by atoms with van der Waals surface area (Å²) in [5.74, 6) is 0.748. The topological polar surface area (TPSA) is 122 Å². The molecule has 4 rings (SSSR count). The Hall–Kier alpha value is -3.94. The minimum atomic E-state index is -0.0929. The predicted molar refractivity (Wildman–Crippen MR) is 109 cm³/mol. The zero-order chi connectivity index (χ0) is 19.5. The van der Waals surface area contributed by atoms with E-state index in [1.54, 1.807) is 6.20 Å². The first-order valence-corrected chi connectivity index (χ1v) is 8.76. The molecule has 5 N–H and O–H groups in total. The molecule has 0 saturated carbocycles. The summed E-state index contributed by atoms with van der Waals surface area (Å²) in [6, 6.07) is 13.0. The number of nitrogens with one attached hydrogen (secondary N) is 3. The van der Waals surface area contributed by atoms with Crippen LogP contribution in [0.1, 0.15) is 11.3 Å². The molecule has 8 heteroatoms. The lowest BCUT2D eigenvalue weighted by Crippen LogP contribution is -2.14. The highest BCUT2D eigenvalue weighted by Crippen LogP contribution is 2.20. The summed E-state index contributed by atoms with van der Waals surface area (Å²) in [6.45, 7) is 1.85. The van der Waals surface area contributed by atoms with Crippen LogP contribution in [0.3, 0.4) is 0 Å². The maximum atomic E-state index is 12.4. The van der Waals surface area contributed by atoms with Gasteiger partial charge in [0.15, 0.2) is 0 Å². The summed E-state index contributed by atoms with van der Waals surface area (Å²) in [6.07, 6.45) is 3.81. The lowest BCUT2D eigenvalue weighted by molar-refractivity contribution is -0.115. The second-order valence-corrected chi connectivity index (χ2v) is 6.39. The molecule has 0 spiro atoms. The van der Waals surface area contributed by atoms with Crippen LogP contribution in [-0.2, 0) is 11.2 Å². The maximum absolute atomic E-state index is 12.4. The average Bonchev–Trinajstić information content (AvgIpc) is 3.05. The highest BCUT2D eigenvalue weighted by molar-refractivity contribution is 5.95. The molecule has 0 bridgehead atoms. The second-order valence-electron chi connectivity index (χ2n) is 6.39. The molecule has 0 unspecified atom stereocenters. The number of nitrogen functional groups attached to an aromatic ring is 1. The van der Waals surface area contributed by atoms with E-state index in [0.29, 0.717) is 11.5 Å². The number of nitrogens with zero attached hydrogens (tertiary/aromatic N) is 3. The van der Waals surface area contributed by atoms with Gasteiger partial charge in [-0.1, -0.05) is 0 Å². The van der Waals surface area contributed by atoms with Gasteiger partial charge in [0.2, 0.25) is 11.9 Å². The largest absolute Gasteiger partial charge is 0.368 e. The maximum Gasteiger partial charge on any atom is 0.228 e. The van der Waals surface area contributed by atoms with Crippen LogP contribution >= 0.6 is 0 Å². The number of anilines is 4. The minimum Gasteiger partial charge on any atom is -0.368 e. The third kappa shape index (κ3) is 3.90. The quantitative estimate of drug-likeness (QED) is 0.426. The van der Waals surface area contributed by atoms with Gasteiger partial charge in [0, 0.05) is 40.9 Å². The molecular weight excluding hydrogens is 354 g/mol. The molecule has 28 heavy (non-hydrogen) atoms. The van der Waals surface area contributed by atoms with Gasteiger partial charge in [-0.2, -0.15) is 4.98 Å². The summed E-state index contributed by atoms with van der Waals surface area (Å²) >= 11 is 0. The molecule has 0 fully saturated rings. The van der Waals surface area contributed by atoms with E-state index in [2.05, 4.69) is 30.6 Å². The number of H-pyrrole nitrogens is 1. The lowest BCUT2D eigenvalue weighted by Gasteiger charge is -2.09. The van der Waals surface area contributed by atoms with Gasteiger partial charge in [-0.05, 0) is 48.9 Å². The summed E-state index contributed by atoms with van der Waals surface area (Å²) in [5, 5.41) is 7.03. The molecule has 0 atom stereocenters. The fourth-order valence-corrected chi connectivity index (χ4v) is 2.98. The van der Waals surface area contributed by atoms with E-state index in [-0.39, 0.29) is 18.3 Å². The smallest absolute Gasteiger partial charge is 0.228 e. The third-order valence-electron chi connectivity index (χ3n) is 4.20. The molecule has 0 aliphatic carbocycles. The van der Waals surface area contributed by atoms with E-state index in [1.807, 2.05) is 55.6 Å². The molecule has 0 aliphatic rings. The molecular formula is C20H19N7O. The van der Waals surface area contributed by atoms with Crippen molar-refractivity contribution in [1.29, 1.82) is 0 Å². The van der Waals surface area contributed by atoms with Crippen molar-refractivity contribution in [2.24, 2.45) is 0 Å². The number of fused-ring (bicyclic) bond motifs is 1. The first-order valence-electron chi connectivity index (χ1n) is 8.76. The van der Waals surface area contributed by atoms with Crippen LogP contribution in [0.5, 0.6) is 0 Å². The van der Waals surface area contributed by atoms with Crippen LogP contribution in [0.15, 0.2) is 54.9 Å². The van der Waals surface area contributed by atoms with E-state index < -0.39 is 0 Å². The van der Waals surface area contributed by atoms with Crippen molar-refractivity contribution in [3.05, 3.63) is 66.1 Å². The van der Waals surface area contributed by atoms with Crippen molar-refractivity contribution < 1.29 is 4.79 Å². The van der Waals surface area contributed by atoms with Crippen molar-refractivity contribution >= 4 is 40.1 Å². The van der Waals surface area contributed by atoms with E-state index in [4.69, 9.17) is 5.73 Å². The minimum absolute atomic E-state index is 0.0929. The number of nitrogens with two attached hydrogens (primary N) is 1. The van der Waals surface area contributed by atoms with Gasteiger partial charge in [0.1, 0.15) is 11.5 Å². The Morgan fingerprint density at radius 2 is 1.93 bits per heavy atom. The van der Waals surface area contributed by atoms with Crippen molar-refractivity contribution in [1.82, 2.24) is 19.9 Å². The first kappa shape index (κ1) is 17.5. The molecule has 0 aliphatic heterocycles. The number of rotatable bonds is 5. The Labute approximate surface area is 161 Å². The van der Waals surface area contributed by atoms with Crippen LogP contribution in [0.25, 0.3) is 11.0 Å². The highest BCUT2D eigenvalue weighted by Gasteiger charge is 2.09. The van der Waals surface area contributed by atoms with Crippen molar-refractivity contribution in [3.63, 3.8) is 0 Å². The number of amides is 1. The first-order chi connectivity index (χ1) is 13.6. The molecule has 1 aromatic carbocycles. The van der Waals surface area contributed by atoms with Gasteiger partial charge >= 0.3 is 0 Å². The van der Waals surface area contributed by atoms with E-state index in [9.17, 15) is 4.79 Å². The number of aryl methyl sites for hydroxylation is 1. The monoisotopic (exact) mass is 373 g/mol. The van der Waals surface area contributed by atoms with Gasteiger partial charge < -0.3 is 21.4 Å². The molecule has 140 valence electrons. The lowest BCUT2D eigenvalue weighted by atomic mass is 10.1. The standard InChI is InChI=1S/C20H19N7O/c1-12-9-17(27-20(21)24-12)25-14-4-6-15(7-5-14)26-18(28)10-13-11-23-19-16(13)3-2-8-22-19/h2-9,11H,10H2,1H3,(H,22,23)(H,26,28)(H3,21,24,25,27). The van der Waals surface area contributed by atoms with Crippen molar-refractivity contribution in [2.45, 2.75) is 13.3 Å². The van der Waals surface area contributed by atoms with Crippen LogP contribution in [0.4, 0.5) is 23.1 Å². The van der Waals surface area contributed by atoms with E-state index in [1.165, 1.54) is 0 Å². The Bertz CT molecular complexity index is 1110. The summed E-state index contributed by atoms with van der Waals surface area (Å²) in [5.41, 5.74) is 9.69. The van der Waals surface area contributed by atoms with Gasteiger partial charge in [0.25, 0.3) is 0 Å². The van der Waals surface area contributed by atoms with Gasteiger partial charge in [0.05, 0.1) is 6.42 Å². The fourth-order valence-electron chi connectivity index (χ4n) is 2.98. The van der Waals surface area contributed by atoms with E-state index in [0.717, 1.165) is 28.0 Å². The zero-order valence-electron chi connectivity index (χ0n) is 15.2. The van der Waals surface area contributed by atoms with Gasteiger partial charge in [-0.3, -0.25) is 4.79 Å². The number of aromatic amines is 1. The molecule has 4 aromatic rings. The number of benzene rings is 1. The summed E-state index contributed by atoms with van der Waals surface area (Å²) < 4.78 is 0. The molecule has 3 heterocycles. The van der Waals surface area contributed by atoms with Crippen molar-refractivity contribution in [2.75, 3.05) is 16.4 Å². The Balaban J connectivity index is 1.40. The average molecular weight is 373 g/mol. The zero-order valence-corrected chi connectivity index (χ0v) is 15.2. The molecule has 8 nitrogen and oxygen atoms in total. The predicted octanol–water partition coefficient (Wildman–Crippen LogP) is 3.17. The fraction of sp³-hybridized carbons (Fsp3) is 0.100. The van der Waals surface area contributed by atoms with Crippen LogP contribution in [0.2, 0.25) is 0 Å². The summed E-state index contributed by atoms with van der Waals surface area (Å²) in [7, 11) is 0. The van der Waals surface area contributed by atoms with Gasteiger partial charge in [-0.25, -0.2) is 9.97 Å². The van der Waals surface area contributed by atoms with Crippen LogP contribution in [-0.4, -0.2) is 25.8 Å². The molecule has 1 amide bonds. The molecule has 0 saturated heterocycles.